The highest BCUT2D eigenvalue weighted by molar-refractivity contribution is 5.35. The number of rotatable bonds is 6. The Morgan fingerprint density at radius 2 is 1.90 bits per heavy atom. The molecule has 0 amide bonds. The largest absolute Gasteiger partial charge is 0.310 e. The van der Waals surface area contributed by atoms with E-state index in [0.29, 0.717) is 5.56 Å². The van der Waals surface area contributed by atoms with Crippen molar-refractivity contribution in [1.82, 2.24) is 10.3 Å². The molecule has 0 aliphatic carbocycles. The van der Waals surface area contributed by atoms with E-state index in [1.807, 2.05) is 0 Å². The van der Waals surface area contributed by atoms with E-state index in [0.717, 1.165) is 19.4 Å². The van der Waals surface area contributed by atoms with E-state index in [1.165, 1.54) is 22.9 Å². The highest BCUT2D eigenvalue weighted by Crippen LogP contribution is 2.24. The summed E-state index contributed by atoms with van der Waals surface area (Å²) in [5.74, 6) is -0.239. The summed E-state index contributed by atoms with van der Waals surface area (Å²) in [4.78, 5) is 3.85. The Kier molecular flexibility index (Phi) is 5.45. The topological polar surface area (TPSA) is 24.9 Å². The lowest BCUT2D eigenvalue weighted by atomic mass is 9.93. The van der Waals surface area contributed by atoms with Gasteiger partial charge >= 0.3 is 0 Å². The number of nitrogens with one attached hydrogen (secondary N) is 1. The standard InChI is InChI=1S/C18H23FN2/c1-4-9-21-18(15-8-10-20-12-17(15)19)11-16-13(2)6-5-7-14(16)3/h5-8,10,12,18,21H,4,9,11H2,1-3H3. The number of pyridine rings is 1. The smallest absolute Gasteiger partial charge is 0.146 e. The van der Waals surface area contributed by atoms with Gasteiger partial charge in [-0.15, -0.1) is 0 Å². The molecule has 0 aliphatic rings. The predicted octanol–water partition coefficient (Wildman–Crippen LogP) is 4.12. The molecule has 2 nitrogen and oxygen atoms in total. The fourth-order valence-electron chi connectivity index (χ4n) is 2.65. The molecule has 0 fully saturated rings. The molecule has 112 valence electrons. The van der Waals surface area contributed by atoms with Crippen molar-refractivity contribution in [2.45, 2.75) is 39.7 Å². The van der Waals surface area contributed by atoms with Gasteiger partial charge in [0.1, 0.15) is 5.82 Å². The molecule has 1 atom stereocenters. The number of hydrogen-bond acceptors (Lipinski definition) is 2. The van der Waals surface area contributed by atoms with E-state index in [1.54, 1.807) is 12.3 Å². The normalized spacial score (nSPS) is 12.4. The number of aryl methyl sites for hydroxylation is 2. The average molecular weight is 286 g/mol. The number of hydrogen-bond donors (Lipinski definition) is 1. The summed E-state index contributed by atoms with van der Waals surface area (Å²) >= 11 is 0. The van der Waals surface area contributed by atoms with Gasteiger partial charge in [0.2, 0.25) is 0 Å². The van der Waals surface area contributed by atoms with Crippen LogP contribution in [0.2, 0.25) is 0 Å². The minimum absolute atomic E-state index is 0.0206. The second-order valence-electron chi connectivity index (χ2n) is 5.48. The van der Waals surface area contributed by atoms with E-state index in [4.69, 9.17) is 0 Å². The van der Waals surface area contributed by atoms with Gasteiger partial charge < -0.3 is 5.32 Å². The van der Waals surface area contributed by atoms with E-state index in [2.05, 4.69) is 49.3 Å². The van der Waals surface area contributed by atoms with Crippen molar-refractivity contribution < 1.29 is 4.39 Å². The first kappa shape index (κ1) is 15.6. The average Bonchev–Trinajstić information content (AvgIpc) is 2.47. The van der Waals surface area contributed by atoms with E-state index in [-0.39, 0.29) is 11.9 Å². The third-order valence-electron chi connectivity index (χ3n) is 3.87. The van der Waals surface area contributed by atoms with E-state index >= 15 is 0 Å². The number of benzene rings is 1. The van der Waals surface area contributed by atoms with Gasteiger partial charge in [0.05, 0.1) is 6.20 Å². The zero-order chi connectivity index (χ0) is 15.2. The van der Waals surface area contributed by atoms with Crippen LogP contribution in [0.4, 0.5) is 4.39 Å². The quantitative estimate of drug-likeness (QED) is 0.864. The summed E-state index contributed by atoms with van der Waals surface area (Å²) in [5, 5.41) is 3.46. The van der Waals surface area contributed by atoms with Gasteiger partial charge in [-0.1, -0.05) is 25.1 Å². The Hall–Kier alpha value is -1.74. The molecule has 1 N–H and O–H groups in total. The maximum Gasteiger partial charge on any atom is 0.146 e. The van der Waals surface area contributed by atoms with Gasteiger partial charge in [-0.2, -0.15) is 0 Å². The SMILES string of the molecule is CCCNC(Cc1c(C)cccc1C)c1ccncc1F. The van der Waals surface area contributed by atoms with Gasteiger partial charge in [0, 0.05) is 17.8 Å². The summed E-state index contributed by atoms with van der Waals surface area (Å²) in [6.07, 6.45) is 4.76. The Labute approximate surface area is 126 Å². The molecule has 0 spiro atoms. The molecule has 1 aromatic heterocycles. The van der Waals surface area contributed by atoms with Crippen LogP contribution >= 0.6 is 0 Å². The van der Waals surface area contributed by atoms with Crippen molar-refractivity contribution in [3.8, 4) is 0 Å². The molecule has 2 rings (SSSR count). The van der Waals surface area contributed by atoms with Crippen molar-refractivity contribution in [3.63, 3.8) is 0 Å². The van der Waals surface area contributed by atoms with Crippen LogP contribution in [0, 0.1) is 19.7 Å². The third-order valence-corrected chi connectivity index (χ3v) is 3.87. The summed E-state index contributed by atoms with van der Waals surface area (Å²) in [6.45, 7) is 7.22. The van der Waals surface area contributed by atoms with Crippen LogP contribution in [0.25, 0.3) is 0 Å². The Morgan fingerprint density at radius 1 is 1.19 bits per heavy atom. The minimum atomic E-state index is -0.239. The van der Waals surface area contributed by atoms with E-state index < -0.39 is 0 Å². The first-order valence-corrected chi connectivity index (χ1v) is 7.51. The molecule has 0 aliphatic heterocycles. The van der Waals surface area contributed by atoms with Crippen LogP contribution < -0.4 is 5.32 Å². The highest BCUT2D eigenvalue weighted by atomic mass is 19.1. The molecule has 1 heterocycles. The molecule has 1 aromatic carbocycles. The summed E-state index contributed by atoms with van der Waals surface area (Å²) in [5.41, 5.74) is 4.50. The van der Waals surface area contributed by atoms with Crippen LogP contribution in [-0.4, -0.2) is 11.5 Å². The molecular formula is C18H23FN2. The second kappa shape index (κ2) is 7.32. The van der Waals surface area contributed by atoms with Gasteiger partial charge in [0.15, 0.2) is 0 Å². The van der Waals surface area contributed by atoms with Crippen molar-refractivity contribution >= 4 is 0 Å². The second-order valence-corrected chi connectivity index (χ2v) is 5.48. The fourth-order valence-corrected chi connectivity index (χ4v) is 2.65. The van der Waals surface area contributed by atoms with Crippen molar-refractivity contribution in [2.75, 3.05) is 6.54 Å². The Balaban J connectivity index is 2.31. The fraction of sp³-hybridized carbons (Fsp3) is 0.389. The Bertz CT molecular complexity index is 575. The first-order chi connectivity index (χ1) is 10.1. The van der Waals surface area contributed by atoms with Crippen LogP contribution in [0.15, 0.2) is 36.7 Å². The van der Waals surface area contributed by atoms with Crippen LogP contribution in [0.5, 0.6) is 0 Å². The van der Waals surface area contributed by atoms with Crippen LogP contribution in [0.1, 0.15) is 41.6 Å². The maximum atomic E-state index is 14.1. The Morgan fingerprint density at radius 3 is 2.52 bits per heavy atom. The molecule has 0 radical (unpaired) electrons. The lowest BCUT2D eigenvalue weighted by molar-refractivity contribution is 0.493. The lowest BCUT2D eigenvalue weighted by Crippen LogP contribution is -2.25. The zero-order valence-corrected chi connectivity index (χ0v) is 13.0. The lowest BCUT2D eigenvalue weighted by Gasteiger charge is -2.21. The van der Waals surface area contributed by atoms with Crippen molar-refractivity contribution in [2.24, 2.45) is 0 Å². The monoisotopic (exact) mass is 286 g/mol. The van der Waals surface area contributed by atoms with Crippen molar-refractivity contribution in [1.29, 1.82) is 0 Å². The van der Waals surface area contributed by atoms with Crippen LogP contribution in [0.3, 0.4) is 0 Å². The zero-order valence-electron chi connectivity index (χ0n) is 13.0. The van der Waals surface area contributed by atoms with Crippen molar-refractivity contribution in [3.05, 3.63) is 64.7 Å². The molecule has 0 saturated heterocycles. The summed E-state index contributed by atoms with van der Waals surface area (Å²) in [6, 6.07) is 8.05. The predicted molar refractivity (Wildman–Crippen MR) is 84.8 cm³/mol. The van der Waals surface area contributed by atoms with Gasteiger partial charge in [-0.25, -0.2) is 4.39 Å². The molecule has 0 bridgehead atoms. The molecule has 1 unspecified atom stereocenters. The third kappa shape index (κ3) is 3.88. The highest BCUT2D eigenvalue weighted by Gasteiger charge is 2.17. The minimum Gasteiger partial charge on any atom is -0.310 e. The van der Waals surface area contributed by atoms with Gasteiger partial charge in [0.25, 0.3) is 0 Å². The van der Waals surface area contributed by atoms with Crippen LogP contribution in [-0.2, 0) is 6.42 Å². The molecular weight excluding hydrogens is 263 g/mol. The summed E-state index contributed by atoms with van der Waals surface area (Å²) < 4.78 is 14.1. The first-order valence-electron chi connectivity index (χ1n) is 7.51. The van der Waals surface area contributed by atoms with Gasteiger partial charge in [-0.05, 0) is 56.0 Å². The summed E-state index contributed by atoms with van der Waals surface area (Å²) in [7, 11) is 0. The number of aromatic nitrogens is 1. The molecule has 2 aromatic rings. The van der Waals surface area contributed by atoms with Gasteiger partial charge in [-0.3, -0.25) is 4.98 Å². The molecule has 3 heteroatoms. The maximum absolute atomic E-state index is 14.1. The molecule has 21 heavy (non-hydrogen) atoms. The number of nitrogens with zero attached hydrogens (tertiary/aromatic N) is 1. The molecule has 0 saturated carbocycles. The number of halogens is 1. The van der Waals surface area contributed by atoms with E-state index in [9.17, 15) is 4.39 Å².